The third-order valence-electron chi connectivity index (χ3n) is 4.61. The summed E-state index contributed by atoms with van der Waals surface area (Å²) in [7, 11) is -4.62. The van der Waals surface area contributed by atoms with Crippen LogP contribution in [-0.4, -0.2) is 22.9 Å². The zero-order valence-electron chi connectivity index (χ0n) is 14.5. The van der Waals surface area contributed by atoms with Gasteiger partial charge >= 0.3 is 0 Å². The number of aromatic nitrogens is 2. The van der Waals surface area contributed by atoms with Gasteiger partial charge in [-0.1, -0.05) is 43.0 Å². The molecule has 8 heteroatoms. The van der Waals surface area contributed by atoms with Crippen molar-refractivity contribution in [2.45, 2.75) is 28.0 Å². The zero-order valence-corrected chi connectivity index (χ0v) is 16.1. The Hall–Kier alpha value is -2.42. The lowest BCUT2D eigenvalue weighted by Gasteiger charge is -2.44. The Labute approximate surface area is 162 Å². The molecule has 0 aliphatic carbocycles. The van der Waals surface area contributed by atoms with Crippen molar-refractivity contribution in [2.75, 3.05) is 4.90 Å². The third kappa shape index (κ3) is 2.72. The molecule has 1 aliphatic heterocycles. The van der Waals surface area contributed by atoms with Gasteiger partial charge in [0.2, 0.25) is 4.87 Å². The van der Waals surface area contributed by atoms with Crippen LogP contribution in [0.3, 0.4) is 0 Å². The van der Waals surface area contributed by atoms with E-state index in [0.29, 0.717) is 11.4 Å². The normalized spacial score (nSPS) is 15.6. The quantitative estimate of drug-likeness (QED) is 0.657. The second kappa shape index (κ2) is 6.63. The molecule has 0 amide bonds. The molecular weight excluding hydrogens is 382 g/mol. The molecule has 0 saturated heterocycles. The predicted molar refractivity (Wildman–Crippen MR) is 105 cm³/mol. The molecule has 1 atom stereocenters. The van der Waals surface area contributed by atoms with Gasteiger partial charge in [0.1, 0.15) is 0 Å². The smallest absolute Gasteiger partial charge is 0.297 e. The van der Waals surface area contributed by atoms with Crippen molar-refractivity contribution in [3.8, 4) is 0 Å². The summed E-state index contributed by atoms with van der Waals surface area (Å²) in [5, 5.41) is 0. The first-order valence-corrected chi connectivity index (χ1v) is 10.7. The number of hydrogen-bond acceptors (Lipinski definition) is 6. The maximum absolute atomic E-state index is 12.8. The fourth-order valence-corrected chi connectivity index (χ4v) is 5.61. The summed E-state index contributed by atoms with van der Waals surface area (Å²) in [5.74, 6) is 0.0338. The molecule has 2 aromatic carbocycles. The fourth-order valence-electron chi connectivity index (χ4n) is 3.42. The topological polar surface area (TPSA) is 83.4 Å². The third-order valence-corrected chi connectivity index (χ3v) is 7.25. The minimum Gasteiger partial charge on any atom is -0.311 e. The van der Waals surface area contributed by atoms with Crippen LogP contribution in [0.5, 0.6) is 0 Å². The zero-order chi connectivity index (χ0) is 19.1. The Kier molecular flexibility index (Phi) is 4.41. The van der Waals surface area contributed by atoms with Crippen molar-refractivity contribution in [3.63, 3.8) is 0 Å². The van der Waals surface area contributed by atoms with E-state index < -0.39 is 15.0 Å². The van der Waals surface area contributed by atoms with Crippen LogP contribution in [0, 0.1) is 0 Å². The number of hydrogen-bond donors (Lipinski definition) is 1. The van der Waals surface area contributed by atoms with Gasteiger partial charge in [-0.05, 0) is 36.8 Å². The van der Waals surface area contributed by atoms with Gasteiger partial charge in [0.05, 0.1) is 11.4 Å². The molecular formula is C19H17N3O3S2. The van der Waals surface area contributed by atoms with Crippen LogP contribution in [-0.2, 0) is 15.0 Å². The van der Waals surface area contributed by atoms with Crippen molar-refractivity contribution < 1.29 is 13.0 Å². The molecule has 4 rings (SSSR count). The highest BCUT2D eigenvalue weighted by atomic mass is 32.2. The Morgan fingerprint density at radius 1 is 0.963 bits per heavy atom. The van der Waals surface area contributed by atoms with Gasteiger partial charge in [-0.2, -0.15) is 8.42 Å². The van der Waals surface area contributed by atoms with Gasteiger partial charge < -0.3 is 4.90 Å². The molecule has 0 bridgehead atoms. The van der Waals surface area contributed by atoms with Crippen LogP contribution in [0.25, 0.3) is 0 Å². The van der Waals surface area contributed by atoms with Crippen molar-refractivity contribution in [2.24, 2.45) is 0 Å². The molecule has 1 aliphatic rings. The molecule has 0 saturated carbocycles. The van der Waals surface area contributed by atoms with E-state index in [-0.39, 0.29) is 12.2 Å². The van der Waals surface area contributed by atoms with E-state index in [2.05, 4.69) is 9.97 Å². The van der Waals surface area contributed by atoms with Gasteiger partial charge in [-0.25, -0.2) is 9.97 Å². The average molecular weight is 399 g/mol. The highest BCUT2D eigenvalue weighted by Gasteiger charge is 2.53. The van der Waals surface area contributed by atoms with E-state index in [0.717, 1.165) is 9.79 Å². The molecule has 27 heavy (non-hydrogen) atoms. The van der Waals surface area contributed by atoms with Crippen LogP contribution >= 0.6 is 11.8 Å². The van der Waals surface area contributed by atoms with Crippen LogP contribution in [0.15, 0.2) is 76.8 Å². The molecule has 1 aromatic heterocycles. The summed E-state index contributed by atoms with van der Waals surface area (Å²) in [4.78, 5) is 10.0. The highest BCUT2D eigenvalue weighted by molar-refractivity contribution is 7.99. The van der Waals surface area contributed by atoms with Crippen molar-refractivity contribution in [3.05, 3.63) is 72.8 Å². The molecule has 1 N–H and O–H groups in total. The first kappa shape index (κ1) is 18.0. The van der Waals surface area contributed by atoms with E-state index in [4.69, 9.17) is 0 Å². The summed E-state index contributed by atoms with van der Waals surface area (Å²) in [6.45, 7) is 1.71. The molecule has 138 valence electrons. The van der Waals surface area contributed by atoms with Crippen molar-refractivity contribution in [1.29, 1.82) is 0 Å². The molecule has 6 nitrogen and oxygen atoms in total. The first-order valence-electron chi connectivity index (χ1n) is 8.39. The number of benzene rings is 2. The lowest BCUT2D eigenvalue weighted by atomic mass is 10.1. The van der Waals surface area contributed by atoms with Gasteiger partial charge in [-0.3, -0.25) is 4.55 Å². The summed E-state index contributed by atoms with van der Waals surface area (Å²) >= 11 is 1.56. The van der Waals surface area contributed by atoms with Gasteiger partial charge in [0.15, 0.2) is 5.82 Å². The number of nitrogens with zero attached hydrogens (tertiary/aromatic N) is 3. The minimum atomic E-state index is -4.62. The lowest BCUT2D eigenvalue weighted by Crippen LogP contribution is -2.51. The Morgan fingerprint density at radius 2 is 1.48 bits per heavy atom. The van der Waals surface area contributed by atoms with Crippen molar-refractivity contribution in [1.82, 2.24) is 9.97 Å². The maximum atomic E-state index is 12.8. The standard InChI is InChI=1S/C19H17N3O3S2/c1-2-19(27(23,24)25,18-20-12-7-13-21-18)22-14-8-3-5-10-16(14)26-17-11-6-4-9-15(17)22/h3-13H,2H2,1H3,(H,23,24,25). The summed E-state index contributed by atoms with van der Waals surface area (Å²) < 4.78 is 36.1. The second-order valence-corrected chi connectivity index (χ2v) is 8.77. The molecule has 3 aromatic rings. The monoisotopic (exact) mass is 399 g/mol. The van der Waals surface area contributed by atoms with E-state index in [9.17, 15) is 13.0 Å². The van der Waals surface area contributed by atoms with E-state index in [1.807, 2.05) is 48.5 Å². The first-order chi connectivity index (χ1) is 13.0. The van der Waals surface area contributed by atoms with Gasteiger partial charge in [-0.15, -0.1) is 0 Å². The Morgan fingerprint density at radius 3 is 1.96 bits per heavy atom. The summed E-state index contributed by atoms with van der Waals surface area (Å²) in [6, 6.07) is 16.6. The van der Waals surface area contributed by atoms with E-state index >= 15 is 0 Å². The van der Waals surface area contributed by atoms with Crippen molar-refractivity contribution >= 4 is 33.3 Å². The summed E-state index contributed by atoms with van der Waals surface area (Å²) in [6.07, 6.45) is 3.02. The Balaban J connectivity index is 2.10. The SMILES string of the molecule is CCC(c1ncccn1)(N1c2ccccc2Sc2ccccc21)S(=O)(=O)O. The average Bonchev–Trinajstić information content (AvgIpc) is 2.68. The molecule has 2 heterocycles. The molecule has 0 fully saturated rings. The largest absolute Gasteiger partial charge is 0.311 e. The van der Waals surface area contributed by atoms with Gasteiger partial charge in [0, 0.05) is 22.2 Å². The van der Waals surface area contributed by atoms with Crippen LogP contribution < -0.4 is 4.90 Å². The molecule has 0 radical (unpaired) electrons. The molecule has 0 spiro atoms. The second-order valence-electron chi connectivity index (χ2n) is 6.06. The van der Waals surface area contributed by atoms with Crippen LogP contribution in [0.4, 0.5) is 11.4 Å². The highest BCUT2D eigenvalue weighted by Crippen LogP contribution is 2.54. The predicted octanol–water partition coefficient (Wildman–Crippen LogP) is 4.23. The fraction of sp³-hybridized carbons (Fsp3) is 0.158. The molecule has 1 unspecified atom stereocenters. The van der Waals surface area contributed by atoms with Gasteiger partial charge in [0.25, 0.3) is 10.1 Å². The van der Waals surface area contributed by atoms with Crippen LogP contribution in [0.2, 0.25) is 0 Å². The number of rotatable bonds is 4. The van der Waals surface area contributed by atoms with E-state index in [1.165, 1.54) is 12.4 Å². The maximum Gasteiger partial charge on any atom is 0.297 e. The Bertz CT molecular complexity index is 1040. The lowest BCUT2D eigenvalue weighted by molar-refractivity contribution is 0.408. The number of anilines is 2. The van der Waals surface area contributed by atoms with Crippen LogP contribution in [0.1, 0.15) is 19.2 Å². The minimum absolute atomic E-state index is 0.0338. The number of fused-ring (bicyclic) bond motifs is 2. The summed E-state index contributed by atoms with van der Waals surface area (Å²) in [5.41, 5.74) is 1.38. The number of para-hydroxylation sites is 2. The van der Waals surface area contributed by atoms with E-state index in [1.54, 1.807) is 29.7 Å².